The molecule has 0 bridgehead atoms. The summed E-state index contributed by atoms with van der Waals surface area (Å²) in [6, 6.07) is 0. The van der Waals surface area contributed by atoms with Crippen molar-refractivity contribution in [2.75, 3.05) is 6.54 Å². The highest BCUT2D eigenvalue weighted by Gasteiger charge is 2.10. The lowest BCUT2D eigenvalue weighted by Gasteiger charge is -1.98. The fourth-order valence-electron chi connectivity index (χ4n) is 1.27. The van der Waals surface area contributed by atoms with Crippen molar-refractivity contribution in [3.63, 3.8) is 0 Å². The molecular formula is C8H10ClN5. The van der Waals surface area contributed by atoms with E-state index in [-0.39, 0.29) is 0 Å². The number of aromatic nitrogens is 4. The molecule has 0 aliphatic heterocycles. The van der Waals surface area contributed by atoms with Crippen LogP contribution in [0.3, 0.4) is 0 Å². The monoisotopic (exact) mass is 211 g/mol. The number of nitrogens with one attached hydrogen (secondary N) is 1. The molecule has 0 unspecified atom stereocenters. The first kappa shape index (κ1) is 9.36. The van der Waals surface area contributed by atoms with Gasteiger partial charge in [0.15, 0.2) is 5.15 Å². The fraction of sp³-hybridized carbons (Fsp3) is 0.375. The molecule has 2 rings (SSSR count). The second-order valence-corrected chi connectivity index (χ2v) is 3.37. The van der Waals surface area contributed by atoms with Crippen LogP contribution in [-0.2, 0) is 6.42 Å². The maximum Gasteiger partial charge on any atom is 0.160 e. The summed E-state index contributed by atoms with van der Waals surface area (Å²) in [4.78, 5) is 8.41. The van der Waals surface area contributed by atoms with Crippen molar-refractivity contribution in [1.82, 2.24) is 20.2 Å². The van der Waals surface area contributed by atoms with Crippen molar-refractivity contribution >= 4 is 22.6 Å². The van der Waals surface area contributed by atoms with Gasteiger partial charge < -0.3 is 5.73 Å². The summed E-state index contributed by atoms with van der Waals surface area (Å²) in [5, 5.41) is 7.20. The number of hydrogen-bond donors (Lipinski definition) is 2. The van der Waals surface area contributed by atoms with Gasteiger partial charge in [-0.05, 0) is 13.5 Å². The predicted molar refractivity (Wildman–Crippen MR) is 54.2 cm³/mol. The van der Waals surface area contributed by atoms with E-state index in [0.29, 0.717) is 29.5 Å². The molecule has 0 saturated carbocycles. The van der Waals surface area contributed by atoms with Crippen molar-refractivity contribution in [1.29, 1.82) is 0 Å². The number of hydrogen-bond acceptors (Lipinski definition) is 4. The predicted octanol–water partition coefficient (Wildman–Crippen LogP) is 0.816. The number of fused-ring (bicyclic) bond motifs is 1. The Morgan fingerprint density at radius 3 is 2.86 bits per heavy atom. The van der Waals surface area contributed by atoms with Gasteiger partial charge in [-0.1, -0.05) is 11.6 Å². The lowest BCUT2D eigenvalue weighted by Crippen LogP contribution is -2.06. The Labute approximate surface area is 85.7 Å². The van der Waals surface area contributed by atoms with Gasteiger partial charge >= 0.3 is 0 Å². The van der Waals surface area contributed by atoms with Crippen molar-refractivity contribution in [3.8, 4) is 0 Å². The van der Waals surface area contributed by atoms with Crippen LogP contribution in [0.2, 0.25) is 5.15 Å². The maximum atomic E-state index is 5.94. The van der Waals surface area contributed by atoms with E-state index in [2.05, 4.69) is 20.2 Å². The van der Waals surface area contributed by atoms with E-state index < -0.39 is 0 Å². The topological polar surface area (TPSA) is 80.5 Å². The first-order valence-electron chi connectivity index (χ1n) is 4.29. The number of halogens is 1. The molecule has 2 heterocycles. The quantitative estimate of drug-likeness (QED) is 0.721. The normalized spacial score (nSPS) is 11.1. The molecule has 0 amide bonds. The molecule has 0 aromatic carbocycles. The number of aryl methyl sites for hydroxylation is 1. The van der Waals surface area contributed by atoms with Gasteiger partial charge in [0.2, 0.25) is 0 Å². The second kappa shape index (κ2) is 3.51. The minimum Gasteiger partial charge on any atom is -0.330 e. The molecule has 0 radical (unpaired) electrons. The Morgan fingerprint density at radius 1 is 1.36 bits per heavy atom. The molecule has 3 N–H and O–H groups in total. The Kier molecular flexibility index (Phi) is 2.35. The minimum absolute atomic E-state index is 0.378. The van der Waals surface area contributed by atoms with Gasteiger partial charge in [0, 0.05) is 6.42 Å². The van der Waals surface area contributed by atoms with Crippen molar-refractivity contribution in [2.24, 2.45) is 5.73 Å². The lowest BCUT2D eigenvalue weighted by atomic mass is 10.3. The smallest absolute Gasteiger partial charge is 0.160 e. The molecule has 74 valence electrons. The van der Waals surface area contributed by atoms with E-state index in [9.17, 15) is 0 Å². The Hall–Kier alpha value is -1.20. The van der Waals surface area contributed by atoms with Gasteiger partial charge in [0.25, 0.3) is 0 Å². The van der Waals surface area contributed by atoms with Crippen LogP contribution in [0.15, 0.2) is 0 Å². The number of rotatable bonds is 2. The number of nitrogens with zero attached hydrogens (tertiary/aromatic N) is 3. The van der Waals surface area contributed by atoms with Crippen LogP contribution in [0.25, 0.3) is 11.0 Å². The summed E-state index contributed by atoms with van der Waals surface area (Å²) in [6.07, 6.45) is 0.625. The maximum absolute atomic E-state index is 5.94. The largest absolute Gasteiger partial charge is 0.330 e. The summed E-state index contributed by atoms with van der Waals surface area (Å²) in [5.41, 5.74) is 7.70. The average molecular weight is 212 g/mol. The molecule has 0 saturated heterocycles. The summed E-state index contributed by atoms with van der Waals surface area (Å²) in [7, 11) is 0. The molecule has 2 aromatic rings. The van der Waals surface area contributed by atoms with E-state index in [1.165, 1.54) is 0 Å². The van der Waals surface area contributed by atoms with E-state index in [1.54, 1.807) is 0 Å². The number of nitrogens with two attached hydrogens (primary N) is 1. The molecule has 14 heavy (non-hydrogen) atoms. The molecule has 0 spiro atoms. The van der Waals surface area contributed by atoms with Crippen LogP contribution >= 0.6 is 11.6 Å². The van der Waals surface area contributed by atoms with E-state index in [4.69, 9.17) is 17.3 Å². The Morgan fingerprint density at radius 2 is 2.14 bits per heavy atom. The minimum atomic E-state index is 0.378. The average Bonchev–Trinajstić information content (AvgIpc) is 2.49. The van der Waals surface area contributed by atoms with Crippen LogP contribution < -0.4 is 5.73 Å². The first-order chi connectivity index (χ1) is 6.72. The van der Waals surface area contributed by atoms with Crippen LogP contribution in [0.4, 0.5) is 0 Å². The van der Waals surface area contributed by atoms with E-state index in [0.717, 1.165) is 11.2 Å². The Bertz CT molecular complexity index is 464. The highest BCUT2D eigenvalue weighted by molar-refractivity contribution is 6.33. The van der Waals surface area contributed by atoms with E-state index >= 15 is 0 Å². The summed E-state index contributed by atoms with van der Waals surface area (Å²) in [5.74, 6) is 0.662. The van der Waals surface area contributed by atoms with Crippen molar-refractivity contribution in [3.05, 3.63) is 16.7 Å². The van der Waals surface area contributed by atoms with Gasteiger partial charge in [-0.15, -0.1) is 0 Å². The van der Waals surface area contributed by atoms with Gasteiger partial charge in [0.1, 0.15) is 16.9 Å². The first-order valence-corrected chi connectivity index (χ1v) is 4.67. The zero-order chi connectivity index (χ0) is 10.1. The van der Waals surface area contributed by atoms with Gasteiger partial charge in [-0.25, -0.2) is 9.97 Å². The van der Waals surface area contributed by atoms with Crippen LogP contribution in [0, 0.1) is 6.92 Å². The molecule has 0 aliphatic carbocycles. The van der Waals surface area contributed by atoms with E-state index in [1.807, 2.05) is 6.92 Å². The second-order valence-electron chi connectivity index (χ2n) is 3.02. The third-order valence-electron chi connectivity index (χ3n) is 1.95. The molecule has 5 nitrogen and oxygen atoms in total. The van der Waals surface area contributed by atoms with Gasteiger partial charge in [-0.2, -0.15) is 5.10 Å². The molecular weight excluding hydrogens is 202 g/mol. The molecule has 0 atom stereocenters. The number of H-pyrrole nitrogens is 1. The molecule has 6 heteroatoms. The number of aromatic amines is 1. The van der Waals surface area contributed by atoms with Crippen LogP contribution in [0.1, 0.15) is 11.5 Å². The van der Waals surface area contributed by atoms with Crippen molar-refractivity contribution < 1.29 is 0 Å². The summed E-state index contributed by atoms with van der Waals surface area (Å²) < 4.78 is 0. The zero-order valence-corrected chi connectivity index (χ0v) is 8.47. The Balaban J connectivity index is 2.63. The third kappa shape index (κ3) is 1.44. The third-order valence-corrected chi connectivity index (χ3v) is 2.21. The van der Waals surface area contributed by atoms with Crippen molar-refractivity contribution in [2.45, 2.75) is 13.3 Å². The SMILES string of the molecule is Cc1[nH]nc2c(Cl)nc(CCN)nc12. The van der Waals surface area contributed by atoms with Gasteiger partial charge in [-0.3, -0.25) is 5.10 Å². The summed E-state index contributed by atoms with van der Waals surface area (Å²) in [6.45, 7) is 2.41. The lowest BCUT2D eigenvalue weighted by molar-refractivity contribution is 0.879. The van der Waals surface area contributed by atoms with Crippen LogP contribution in [0.5, 0.6) is 0 Å². The highest BCUT2D eigenvalue weighted by atomic mass is 35.5. The zero-order valence-electron chi connectivity index (χ0n) is 7.71. The molecule has 0 aliphatic rings. The summed E-state index contributed by atoms with van der Waals surface area (Å²) >= 11 is 5.94. The van der Waals surface area contributed by atoms with Gasteiger partial charge in [0.05, 0.1) is 5.69 Å². The fourth-order valence-corrected chi connectivity index (χ4v) is 1.49. The molecule has 0 fully saturated rings. The highest BCUT2D eigenvalue weighted by Crippen LogP contribution is 2.19. The molecule has 2 aromatic heterocycles. The standard InChI is InChI=1S/C8H10ClN5/c1-4-6-7(14-13-4)8(9)12-5(11-6)2-3-10/h2-3,10H2,1H3,(H,13,14). The van der Waals surface area contributed by atoms with Crippen LogP contribution in [-0.4, -0.2) is 26.7 Å².